The number of carbonyl (C=O) groups excluding carboxylic acids is 1. The summed E-state index contributed by atoms with van der Waals surface area (Å²) in [7, 11) is -1.52. The highest BCUT2D eigenvalue weighted by molar-refractivity contribution is 7.16. The first-order chi connectivity index (χ1) is 13.2. The van der Waals surface area contributed by atoms with E-state index in [9.17, 15) is 4.79 Å². The van der Waals surface area contributed by atoms with Crippen LogP contribution in [0.3, 0.4) is 0 Å². The van der Waals surface area contributed by atoms with Crippen LogP contribution in [0, 0.1) is 0 Å². The molecule has 0 saturated heterocycles. The van der Waals surface area contributed by atoms with Gasteiger partial charge in [0.2, 0.25) is 5.89 Å². The number of para-hydroxylation sites is 1. The maximum Gasteiger partial charge on any atom is 0.325 e. The molecule has 0 aliphatic carbocycles. The molecule has 2 aromatic heterocycles. The van der Waals surface area contributed by atoms with E-state index in [4.69, 9.17) is 27.6 Å². The number of nitrogens with one attached hydrogen (secondary N) is 2. The van der Waals surface area contributed by atoms with Crippen molar-refractivity contribution < 1.29 is 9.21 Å². The summed E-state index contributed by atoms with van der Waals surface area (Å²) in [6.45, 7) is 6.59. The number of carbonyl (C=O) groups is 1. The molecule has 2 heterocycles. The van der Waals surface area contributed by atoms with Crippen LogP contribution in [-0.2, 0) is 0 Å². The molecule has 0 fully saturated rings. The Bertz CT molecular complexity index is 1010. The minimum Gasteiger partial charge on any atom is -0.447 e. The average Bonchev–Trinajstić information content (AvgIpc) is 3.25. The van der Waals surface area contributed by atoms with Crippen LogP contribution in [0.4, 0.5) is 15.6 Å². The Morgan fingerprint density at radius 1 is 1.11 bits per heavy atom. The number of halogens is 2. The van der Waals surface area contributed by atoms with Gasteiger partial charge in [-0.25, -0.2) is 14.8 Å². The molecule has 6 nitrogen and oxygen atoms in total. The highest BCUT2D eigenvalue weighted by Crippen LogP contribution is 2.30. The molecule has 28 heavy (non-hydrogen) atoms. The van der Waals surface area contributed by atoms with Crippen molar-refractivity contribution in [3.8, 4) is 0 Å². The van der Waals surface area contributed by atoms with Gasteiger partial charge in [0.05, 0.1) is 21.9 Å². The van der Waals surface area contributed by atoms with Crippen molar-refractivity contribution in [1.29, 1.82) is 0 Å². The molecule has 0 spiro atoms. The number of hydrogen-bond acceptors (Lipinski definition) is 5. The van der Waals surface area contributed by atoms with E-state index >= 15 is 0 Å². The van der Waals surface area contributed by atoms with Crippen molar-refractivity contribution in [3.05, 3.63) is 51.4 Å². The van der Waals surface area contributed by atoms with Crippen LogP contribution in [0.5, 0.6) is 0 Å². The number of rotatable bonds is 5. The number of oxazole rings is 1. The lowest BCUT2D eigenvalue weighted by Gasteiger charge is -2.09. The highest BCUT2D eigenvalue weighted by atomic mass is 35.5. The molecule has 1 aromatic carbocycles. The lowest BCUT2D eigenvalue weighted by molar-refractivity contribution is 0.262. The standard InChI is InChI=1S/C18H18Cl2N4O2SSi/c1-28(2,3)15-10-21-14(26-15)8-7-11-9-22-18(27-11)24-17(25)23-16-12(19)5-4-6-13(16)20/h4-10H,1-3H3,(H2,22,23,24,25)/b8-7+. The Balaban J connectivity index is 1.62. The SMILES string of the molecule is C[Si](C)(C)c1cnc(/C=C/c2cnc(NC(=O)Nc3c(Cl)cccc3Cl)s2)o1. The summed E-state index contributed by atoms with van der Waals surface area (Å²) < 4.78 is 5.77. The van der Waals surface area contributed by atoms with Gasteiger partial charge in [0.25, 0.3) is 0 Å². The van der Waals surface area contributed by atoms with E-state index in [-0.39, 0.29) is 0 Å². The molecule has 3 rings (SSSR count). The van der Waals surface area contributed by atoms with Gasteiger partial charge in [0.1, 0.15) is 13.5 Å². The largest absolute Gasteiger partial charge is 0.447 e. The fourth-order valence-corrected chi connectivity index (χ4v) is 4.21. The Hall–Kier alpha value is -2.13. The van der Waals surface area contributed by atoms with Gasteiger partial charge in [-0.05, 0) is 18.2 Å². The van der Waals surface area contributed by atoms with Crippen LogP contribution in [-0.4, -0.2) is 24.1 Å². The fraction of sp³-hybridized carbons (Fsp3) is 0.167. The van der Waals surface area contributed by atoms with Gasteiger partial charge in [-0.2, -0.15) is 0 Å². The van der Waals surface area contributed by atoms with Crippen LogP contribution < -0.4 is 16.0 Å². The molecule has 0 bridgehead atoms. The predicted molar refractivity (Wildman–Crippen MR) is 120 cm³/mol. The average molecular weight is 453 g/mol. The molecule has 3 aromatic rings. The summed E-state index contributed by atoms with van der Waals surface area (Å²) in [5, 5.41) is 7.39. The summed E-state index contributed by atoms with van der Waals surface area (Å²) in [5.41, 5.74) is 0.349. The lowest BCUT2D eigenvalue weighted by Crippen LogP contribution is -2.36. The maximum atomic E-state index is 12.2. The summed E-state index contributed by atoms with van der Waals surface area (Å²) >= 11 is 13.4. The maximum absolute atomic E-state index is 12.2. The lowest BCUT2D eigenvalue weighted by atomic mass is 10.3. The third-order valence-corrected chi connectivity index (χ3v) is 6.82. The molecule has 0 atom stereocenters. The minimum atomic E-state index is -1.52. The summed E-state index contributed by atoms with van der Waals surface area (Å²) in [6.07, 6.45) is 7.06. The van der Waals surface area contributed by atoms with Crippen molar-refractivity contribution in [3.63, 3.8) is 0 Å². The Labute approximate surface area is 177 Å². The van der Waals surface area contributed by atoms with Crippen LogP contribution in [0.1, 0.15) is 10.8 Å². The topological polar surface area (TPSA) is 80.0 Å². The Morgan fingerprint density at radius 2 is 1.82 bits per heavy atom. The number of benzene rings is 1. The second kappa shape index (κ2) is 8.48. The zero-order chi connectivity index (χ0) is 20.3. The molecule has 0 aliphatic rings. The van der Waals surface area contributed by atoms with Crippen molar-refractivity contribution in [1.82, 2.24) is 9.97 Å². The molecule has 0 aliphatic heterocycles. The number of nitrogens with zero attached hydrogens (tertiary/aromatic N) is 2. The molecule has 10 heteroatoms. The zero-order valence-corrected chi connectivity index (χ0v) is 18.7. The molecule has 0 saturated carbocycles. The predicted octanol–water partition coefficient (Wildman–Crippen LogP) is 5.80. The van der Waals surface area contributed by atoms with Crippen LogP contribution >= 0.6 is 34.5 Å². The van der Waals surface area contributed by atoms with Crippen molar-refractivity contribution in [2.75, 3.05) is 10.6 Å². The number of amides is 2. The molecule has 0 unspecified atom stereocenters. The minimum absolute atomic E-state index is 0.349. The van der Waals surface area contributed by atoms with Gasteiger partial charge < -0.3 is 9.73 Å². The third-order valence-electron chi connectivity index (χ3n) is 3.60. The normalized spacial score (nSPS) is 11.8. The zero-order valence-electron chi connectivity index (χ0n) is 15.4. The third kappa shape index (κ3) is 5.23. The molecular formula is C18H18Cl2N4O2SSi. The van der Waals surface area contributed by atoms with Crippen LogP contribution in [0.15, 0.2) is 35.0 Å². The number of hydrogen-bond donors (Lipinski definition) is 2. The van der Waals surface area contributed by atoms with Gasteiger partial charge in [0, 0.05) is 17.2 Å². The quantitative estimate of drug-likeness (QED) is 0.479. The van der Waals surface area contributed by atoms with Crippen molar-refractivity contribution in [2.45, 2.75) is 19.6 Å². The number of aromatic nitrogens is 2. The molecule has 146 valence electrons. The Kier molecular flexibility index (Phi) is 6.24. The first-order valence-electron chi connectivity index (χ1n) is 8.34. The molecule has 0 radical (unpaired) electrons. The van der Waals surface area contributed by atoms with E-state index < -0.39 is 14.1 Å². The number of urea groups is 1. The van der Waals surface area contributed by atoms with E-state index in [1.54, 1.807) is 36.7 Å². The van der Waals surface area contributed by atoms with Crippen LogP contribution in [0.25, 0.3) is 12.2 Å². The first-order valence-corrected chi connectivity index (χ1v) is 13.4. The Morgan fingerprint density at radius 3 is 2.46 bits per heavy atom. The van der Waals surface area contributed by atoms with E-state index in [0.29, 0.717) is 26.8 Å². The van der Waals surface area contributed by atoms with E-state index in [2.05, 4.69) is 40.2 Å². The van der Waals surface area contributed by atoms with E-state index in [0.717, 1.165) is 10.3 Å². The molecule has 2 N–H and O–H groups in total. The summed E-state index contributed by atoms with van der Waals surface area (Å²) in [4.78, 5) is 21.5. The smallest absolute Gasteiger partial charge is 0.325 e. The fourth-order valence-electron chi connectivity index (χ4n) is 2.15. The number of anilines is 2. The first kappa shape index (κ1) is 20.6. The van der Waals surface area contributed by atoms with E-state index in [1.807, 2.05) is 6.08 Å². The second-order valence-corrected chi connectivity index (χ2v) is 13.8. The highest BCUT2D eigenvalue weighted by Gasteiger charge is 2.21. The van der Waals surface area contributed by atoms with Crippen molar-refractivity contribution in [2.24, 2.45) is 0 Å². The summed E-state index contributed by atoms with van der Waals surface area (Å²) in [6, 6.07) is 4.51. The monoisotopic (exact) mass is 452 g/mol. The van der Waals surface area contributed by atoms with Gasteiger partial charge in [-0.15, -0.1) is 0 Å². The van der Waals surface area contributed by atoms with Gasteiger partial charge in [0.15, 0.2) is 5.13 Å². The van der Waals surface area contributed by atoms with Crippen LogP contribution in [0.2, 0.25) is 29.7 Å². The van der Waals surface area contributed by atoms with Crippen molar-refractivity contribution >= 4 is 77.0 Å². The van der Waals surface area contributed by atoms with E-state index in [1.165, 1.54) is 11.3 Å². The molecule has 2 amide bonds. The van der Waals surface area contributed by atoms with Gasteiger partial charge in [-0.1, -0.05) is 60.2 Å². The molecular weight excluding hydrogens is 435 g/mol. The van der Waals surface area contributed by atoms with Gasteiger partial charge >= 0.3 is 6.03 Å². The second-order valence-electron chi connectivity index (χ2n) is 6.89. The number of thiazole rings is 1. The summed E-state index contributed by atoms with van der Waals surface area (Å²) in [5.74, 6) is 0.548. The van der Waals surface area contributed by atoms with Gasteiger partial charge in [-0.3, -0.25) is 5.32 Å².